The quantitative estimate of drug-likeness (QED) is 0.741. The van der Waals surface area contributed by atoms with Crippen molar-refractivity contribution in [3.05, 3.63) is 25.0 Å². The fourth-order valence-corrected chi connectivity index (χ4v) is 0.839. The van der Waals surface area contributed by atoms with Crippen molar-refractivity contribution in [1.82, 2.24) is 9.97 Å². The minimum absolute atomic E-state index is 0.313. The summed E-state index contributed by atoms with van der Waals surface area (Å²) in [4.78, 5) is 18.8. The van der Waals surface area contributed by atoms with E-state index < -0.39 is 0 Å². The molecule has 0 fully saturated rings. The topological polar surface area (TPSA) is 64.1 Å². The van der Waals surface area contributed by atoms with Crippen LogP contribution in [0.3, 0.4) is 0 Å². The van der Waals surface area contributed by atoms with Gasteiger partial charge >= 0.3 is 0 Å². The Kier molecular flexibility index (Phi) is 4.28. The van der Waals surface area contributed by atoms with Gasteiger partial charge in [-0.3, -0.25) is 4.79 Å². The molecule has 1 heterocycles. The van der Waals surface area contributed by atoms with E-state index in [0.29, 0.717) is 18.3 Å². The molecule has 0 aromatic carbocycles. The van der Waals surface area contributed by atoms with E-state index in [0.717, 1.165) is 6.42 Å². The largest absolute Gasteiger partial charge is 0.477 e. The molecule has 80 valence electrons. The van der Waals surface area contributed by atoms with Gasteiger partial charge in [-0.2, -0.15) is 0 Å². The van der Waals surface area contributed by atoms with Crippen molar-refractivity contribution in [2.45, 2.75) is 13.3 Å². The van der Waals surface area contributed by atoms with Gasteiger partial charge in [-0.05, 0) is 12.5 Å². The van der Waals surface area contributed by atoms with Crippen LogP contribution in [0.25, 0.3) is 0 Å². The molecule has 0 aliphatic carbocycles. The summed E-state index contributed by atoms with van der Waals surface area (Å²) < 4.78 is 5.23. The molecule has 0 aliphatic rings. The van der Waals surface area contributed by atoms with Crippen LogP contribution in [-0.4, -0.2) is 22.5 Å². The van der Waals surface area contributed by atoms with E-state index in [4.69, 9.17) is 4.74 Å². The van der Waals surface area contributed by atoms with Crippen LogP contribution in [0, 0.1) is 0 Å². The SMILES string of the molecule is C=CC(=O)Nc1cnc(OCCC)cn1. The molecule has 0 bridgehead atoms. The summed E-state index contributed by atoms with van der Waals surface area (Å²) in [7, 11) is 0. The molecule has 0 atom stereocenters. The highest BCUT2D eigenvalue weighted by atomic mass is 16.5. The lowest BCUT2D eigenvalue weighted by atomic mass is 10.5. The van der Waals surface area contributed by atoms with Gasteiger partial charge in [0, 0.05) is 0 Å². The van der Waals surface area contributed by atoms with E-state index >= 15 is 0 Å². The molecule has 1 rings (SSSR count). The molecular formula is C10H13N3O2. The summed E-state index contributed by atoms with van der Waals surface area (Å²) in [6.45, 7) is 5.94. The second-order valence-electron chi connectivity index (χ2n) is 2.78. The van der Waals surface area contributed by atoms with Gasteiger partial charge in [-0.15, -0.1) is 0 Å². The summed E-state index contributed by atoms with van der Waals surface area (Å²) >= 11 is 0. The fourth-order valence-electron chi connectivity index (χ4n) is 0.839. The van der Waals surface area contributed by atoms with Gasteiger partial charge in [0.25, 0.3) is 0 Å². The van der Waals surface area contributed by atoms with Crippen LogP contribution in [0.1, 0.15) is 13.3 Å². The van der Waals surface area contributed by atoms with Crippen LogP contribution >= 0.6 is 0 Å². The Morgan fingerprint density at radius 1 is 1.60 bits per heavy atom. The second-order valence-corrected chi connectivity index (χ2v) is 2.78. The first-order valence-corrected chi connectivity index (χ1v) is 4.64. The maximum absolute atomic E-state index is 10.9. The molecule has 1 aromatic heterocycles. The second kappa shape index (κ2) is 5.74. The summed E-state index contributed by atoms with van der Waals surface area (Å²) in [6.07, 6.45) is 4.99. The standard InChI is InChI=1S/C10H13N3O2/c1-3-5-15-10-7-11-8(6-12-10)13-9(14)4-2/h4,6-7H,2-3,5H2,1H3,(H,11,13,14). The van der Waals surface area contributed by atoms with Crippen LogP contribution in [0.2, 0.25) is 0 Å². The van der Waals surface area contributed by atoms with Gasteiger partial charge in [0.2, 0.25) is 11.8 Å². The Balaban J connectivity index is 2.55. The molecule has 5 heteroatoms. The molecule has 1 N–H and O–H groups in total. The zero-order valence-corrected chi connectivity index (χ0v) is 8.56. The van der Waals surface area contributed by atoms with Crippen molar-refractivity contribution in [2.24, 2.45) is 0 Å². The smallest absolute Gasteiger partial charge is 0.248 e. The number of ether oxygens (including phenoxy) is 1. The summed E-state index contributed by atoms with van der Waals surface area (Å²) in [5, 5.41) is 2.49. The zero-order valence-electron chi connectivity index (χ0n) is 8.56. The van der Waals surface area contributed by atoms with Crippen molar-refractivity contribution in [3.63, 3.8) is 0 Å². The lowest BCUT2D eigenvalue weighted by molar-refractivity contribution is -0.111. The van der Waals surface area contributed by atoms with E-state index in [1.54, 1.807) is 0 Å². The molecular weight excluding hydrogens is 194 g/mol. The van der Waals surface area contributed by atoms with Gasteiger partial charge in [-0.25, -0.2) is 9.97 Å². The zero-order chi connectivity index (χ0) is 11.1. The van der Waals surface area contributed by atoms with Crippen LogP contribution in [0.15, 0.2) is 25.0 Å². The number of amides is 1. The lowest BCUT2D eigenvalue weighted by Gasteiger charge is -2.03. The van der Waals surface area contributed by atoms with Crippen molar-refractivity contribution in [3.8, 4) is 5.88 Å². The van der Waals surface area contributed by atoms with E-state index in [2.05, 4.69) is 21.9 Å². The Labute approximate surface area is 88.2 Å². The number of hydrogen-bond donors (Lipinski definition) is 1. The number of rotatable bonds is 5. The number of hydrogen-bond acceptors (Lipinski definition) is 4. The predicted molar refractivity (Wildman–Crippen MR) is 56.6 cm³/mol. The van der Waals surface area contributed by atoms with Gasteiger partial charge in [0.15, 0.2) is 5.82 Å². The van der Waals surface area contributed by atoms with Crippen LogP contribution in [0.5, 0.6) is 5.88 Å². The first kappa shape index (κ1) is 11.2. The van der Waals surface area contributed by atoms with Crippen molar-refractivity contribution >= 4 is 11.7 Å². The average molecular weight is 207 g/mol. The van der Waals surface area contributed by atoms with Gasteiger partial charge in [0.05, 0.1) is 19.0 Å². The highest BCUT2D eigenvalue weighted by molar-refractivity contribution is 5.98. The lowest BCUT2D eigenvalue weighted by Crippen LogP contribution is -2.09. The maximum atomic E-state index is 10.9. The van der Waals surface area contributed by atoms with E-state index in [1.807, 2.05) is 6.92 Å². The third-order valence-corrected chi connectivity index (χ3v) is 1.52. The third kappa shape index (κ3) is 3.76. The van der Waals surface area contributed by atoms with E-state index in [9.17, 15) is 4.79 Å². The number of nitrogens with one attached hydrogen (secondary N) is 1. The Hall–Kier alpha value is -1.91. The molecule has 0 spiro atoms. The molecule has 1 aromatic rings. The normalized spacial score (nSPS) is 9.40. The van der Waals surface area contributed by atoms with E-state index in [-0.39, 0.29) is 5.91 Å². The van der Waals surface area contributed by atoms with Gasteiger partial charge in [0.1, 0.15) is 0 Å². The van der Waals surface area contributed by atoms with Crippen molar-refractivity contribution < 1.29 is 9.53 Å². The summed E-state index contributed by atoms with van der Waals surface area (Å²) in [6, 6.07) is 0. The van der Waals surface area contributed by atoms with Crippen LogP contribution < -0.4 is 10.1 Å². The Morgan fingerprint density at radius 3 is 2.93 bits per heavy atom. The molecule has 1 amide bonds. The van der Waals surface area contributed by atoms with Gasteiger partial charge < -0.3 is 10.1 Å². The highest BCUT2D eigenvalue weighted by Gasteiger charge is 2.00. The molecule has 0 unspecified atom stereocenters. The molecule has 0 radical (unpaired) electrons. The molecule has 0 aliphatic heterocycles. The Morgan fingerprint density at radius 2 is 2.40 bits per heavy atom. The molecule has 15 heavy (non-hydrogen) atoms. The Bertz CT molecular complexity index is 335. The summed E-state index contributed by atoms with van der Waals surface area (Å²) in [5.41, 5.74) is 0. The van der Waals surface area contributed by atoms with Crippen molar-refractivity contribution in [2.75, 3.05) is 11.9 Å². The molecule has 5 nitrogen and oxygen atoms in total. The average Bonchev–Trinajstić information content (AvgIpc) is 2.28. The molecule has 0 saturated carbocycles. The monoisotopic (exact) mass is 207 g/mol. The number of aromatic nitrogens is 2. The van der Waals surface area contributed by atoms with Gasteiger partial charge in [-0.1, -0.05) is 13.5 Å². The highest BCUT2D eigenvalue weighted by Crippen LogP contribution is 2.07. The minimum Gasteiger partial charge on any atom is -0.477 e. The predicted octanol–water partition coefficient (Wildman–Crippen LogP) is 1.39. The first-order valence-electron chi connectivity index (χ1n) is 4.64. The maximum Gasteiger partial charge on any atom is 0.248 e. The van der Waals surface area contributed by atoms with E-state index in [1.165, 1.54) is 18.5 Å². The van der Waals surface area contributed by atoms with Crippen molar-refractivity contribution in [1.29, 1.82) is 0 Å². The minimum atomic E-state index is -0.313. The number of carbonyl (C=O) groups is 1. The molecule has 0 saturated heterocycles. The van der Waals surface area contributed by atoms with Crippen LogP contribution in [-0.2, 0) is 4.79 Å². The number of carbonyl (C=O) groups excluding carboxylic acids is 1. The van der Waals surface area contributed by atoms with Crippen LogP contribution in [0.4, 0.5) is 5.82 Å². The summed E-state index contributed by atoms with van der Waals surface area (Å²) in [5.74, 6) is 0.517. The number of nitrogens with zero attached hydrogens (tertiary/aromatic N) is 2. The number of anilines is 1. The fraction of sp³-hybridized carbons (Fsp3) is 0.300. The third-order valence-electron chi connectivity index (χ3n) is 1.52. The first-order chi connectivity index (χ1) is 7.26.